The Bertz CT molecular complexity index is 2500. The predicted molar refractivity (Wildman–Crippen MR) is 287 cm³/mol. The molecule has 8 rings (SSSR count). The van der Waals surface area contributed by atoms with Gasteiger partial charge in [0, 0.05) is 31.2 Å². The molecule has 0 atom stereocenters. The maximum atomic E-state index is 14.0. The van der Waals surface area contributed by atoms with Gasteiger partial charge < -0.3 is 37.9 Å². The fourth-order valence-corrected chi connectivity index (χ4v) is 9.97. The largest absolute Gasteiger partial charge is 0.493 e. The Kier molecular flexibility index (Phi) is 22.0. The van der Waals surface area contributed by atoms with Crippen molar-refractivity contribution in [2.45, 2.75) is 117 Å². The number of fused-ring (bicyclic) bond motifs is 12. The molecule has 5 aromatic rings. The molecule has 12 nitrogen and oxygen atoms in total. The van der Waals surface area contributed by atoms with Crippen LogP contribution in [0, 0.1) is 0 Å². The number of unbranched alkanes of at least 4 members (excludes halogenated alkanes) is 10. The first-order valence-corrected chi connectivity index (χ1v) is 28.6. The first kappa shape index (κ1) is 55.0. The molecule has 0 spiro atoms. The highest BCUT2D eigenvalue weighted by Crippen LogP contribution is 2.40. The zero-order chi connectivity index (χ0) is 51.1. The van der Waals surface area contributed by atoms with Gasteiger partial charge in [0.25, 0.3) is 5.91 Å². The van der Waals surface area contributed by atoms with Gasteiger partial charge in [-0.25, -0.2) is 13.1 Å². The van der Waals surface area contributed by atoms with E-state index in [1.54, 1.807) is 12.1 Å². The topological polar surface area (TPSA) is 137 Å². The number of para-hydroxylation sites is 5. The standard InChI is InChI=1S/C60H77NO11S/c1-4-6-8-10-12-16-29-69-56-45-21-18-22-46(56)40-48-24-20-26-50-42-52-44-53(60(62)61-73(3,63)64)43-51(59(52)70-30-17-13-11-9-7-5-2)41-49-25-19-23-47(39-45)57(49)71-37-33-65-31-35-67-54-27-14-15-28-55(54)68-36-32-66-34-38-72-58(48)50/h14-15,18-28,43-44H,4-13,16-17,29-42H2,1-3H3,(H,61,62). The van der Waals surface area contributed by atoms with E-state index in [4.69, 9.17) is 37.9 Å². The molecule has 0 aromatic heterocycles. The number of rotatable bonds is 18. The second-order valence-corrected chi connectivity index (χ2v) is 20.8. The Balaban J connectivity index is 1.36. The molecular weight excluding hydrogens is 943 g/mol. The minimum Gasteiger partial charge on any atom is -0.493 e. The van der Waals surface area contributed by atoms with E-state index in [1.807, 2.05) is 48.5 Å². The number of benzene rings is 5. The Labute approximate surface area is 434 Å². The number of amides is 1. The third-order valence-electron chi connectivity index (χ3n) is 13.1. The van der Waals surface area contributed by atoms with E-state index in [1.165, 1.54) is 44.9 Å². The molecular formula is C60H77NO11S. The minimum absolute atomic E-state index is 0.202. The van der Waals surface area contributed by atoms with Crippen molar-refractivity contribution in [1.82, 2.24) is 4.72 Å². The summed E-state index contributed by atoms with van der Waals surface area (Å²) in [6.07, 6.45) is 16.1. The number of hydrogen-bond acceptors (Lipinski definition) is 11. The molecule has 2 heterocycles. The highest BCUT2D eigenvalue weighted by molar-refractivity contribution is 7.89. The Morgan fingerprint density at radius 2 is 0.836 bits per heavy atom. The molecule has 73 heavy (non-hydrogen) atoms. The van der Waals surface area contributed by atoms with Crippen molar-refractivity contribution in [1.29, 1.82) is 0 Å². The number of carbonyl (C=O) groups is 1. The van der Waals surface area contributed by atoms with Crippen molar-refractivity contribution in [3.63, 3.8) is 0 Å². The van der Waals surface area contributed by atoms with Crippen LogP contribution in [0.2, 0.25) is 0 Å². The predicted octanol–water partition coefficient (Wildman–Crippen LogP) is 11.8. The molecule has 10 bridgehead atoms. The highest BCUT2D eigenvalue weighted by Gasteiger charge is 2.25. The van der Waals surface area contributed by atoms with E-state index in [9.17, 15) is 13.2 Å². The summed E-state index contributed by atoms with van der Waals surface area (Å²) in [5.74, 6) is 3.45. The van der Waals surface area contributed by atoms with Crippen LogP contribution in [0.15, 0.2) is 91.0 Å². The average Bonchev–Trinajstić information content (AvgIpc) is 3.37. The van der Waals surface area contributed by atoms with Gasteiger partial charge in [-0.1, -0.05) is 145 Å². The second kappa shape index (κ2) is 29.2. The second-order valence-electron chi connectivity index (χ2n) is 19.0. The molecule has 13 heteroatoms. The zero-order valence-corrected chi connectivity index (χ0v) is 44.3. The molecule has 0 unspecified atom stereocenters. The zero-order valence-electron chi connectivity index (χ0n) is 43.4. The van der Waals surface area contributed by atoms with Gasteiger partial charge in [0.05, 0.1) is 45.9 Å². The van der Waals surface area contributed by atoms with Crippen LogP contribution in [-0.2, 0) is 45.2 Å². The summed E-state index contributed by atoms with van der Waals surface area (Å²) in [4.78, 5) is 14.0. The lowest BCUT2D eigenvalue weighted by Crippen LogP contribution is -2.29. The Morgan fingerprint density at radius 3 is 1.26 bits per heavy atom. The monoisotopic (exact) mass is 1020 g/mol. The molecule has 1 aliphatic carbocycles. The molecule has 5 aromatic carbocycles. The van der Waals surface area contributed by atoms with Crippen LogP contribution in [0.25, 0.3) is 0 Å². The van der Waals surface area contributed by atoms with Crippen LogP contribution in [0.3, 0.4) is 0 Å². The Morgan fingerprint density at radius 1 is 0.466 bits per heavy atom. The van der Waals surface area contributed by atoms with Crippen molar-refractivity contribution in [3.8, 4) is 34.5 Å². The number of sulfonamides is 1. The molecule has 0 saturated heterocycles. The molecule has 1 amide bonds. The third kappa shape index (κ3) is 17.2. The van der Waals surface area contributed by atoms with Crippen LogP contribution in [0.1, 0.15) is 146 Å². The van der Waals surface area contributed by atoms with Gasteiger partial charge in [-0.2, -0.15) is 0 Å². The summed E-state index contributed by atoms with van der Waals surface area (Å²) in [6.45, 7) is 7.91. The molecule has 0 radical (unpaired) electrons. The normalized spacial score (nSPS) is 14.6. The van der Waals surface area contributed by atoms with Gasteiger partial charge in [-0.3, -0.25) is 4.79 Å². The van der Waals surface area contributed by atoms with Gasteiger partial charge in [0.15, 0.2) is 11.5 Å². The van der Waals surface area contributed by atoms with Crippen molar-refractivity contribution in [2.24, 2.45) is 0 Å². The summed E-state index contributed by atoms with van der Waals surface area (Å²) >= 11 is 0. The van der Waals surface area contributed by atoms with Crippen LogP contribution in [-0.4, -0.2) is 86.6 Å². The van der Waals surface area contributed by atoms with E-state index in [2.05, 4.69) is 48.9 Å². The van der Waals surface area contributed by atoms with Crippen LogP contribution in [0.5, 0.6) is 34.5 Å². The summed E-state index contributed by atoms with van der Waals surface area (Å²) in [6, 6.07) is 29.9. The lowest BCUT2D eigenvalue weighted by molar-refractivity contribution is 0.0695. The lowest BCUT2D eigenvalue weighted by atomic mass is 9.90. The van der Waals surface area contributed by atoms with E-state index < -0.39 is 15.9 Å². The molecule has 2 aliphatic heterocycles. The summed E-state index contributed by atoms with van der Waals surface area (Å²) in [7, 11) is -3.89. The van der Waals surface area contributed by atoms with Gasteiger partial charge in [-0.05, 0) is 81.6 Å². The van der Waals surface area contributed by atoms with E-state index in [-0.39, 0.29) is 18.8 Å². The molecule has 0 saturated carbocycles. The van der Waals surface area contributed by atoms with Crippen molar-refractivity contribution >= 4 is 15.9 Å². The van der Waals surface area contributed by atoms with Gasteiger partial charge in [-0.15, -0.1) is 0 Å². The van der Waals surface area contributed by atoms with Gasteiger partial charge >= 0.3 is 0 Å². The smallest absolute Gasteiger partial charge is 0.264 e. The first-order chi connectivity index (χ1) is 35.7. The minimum atomic E-state index is -3.89. The number of ether oxygens (including phenoxy) is 8. The fourth-order valence-electron chi connectivity index (χ4n) is 9.52. The van der Waals surface area contributed by atoms with Crippen LogP contribution >= 0.6 is 0 Å². The maximum Gasteiger partial charge on any atom is 0.264 e. The van der Waals surface area contributed by atoms with E-state index in [0.717, 1.165) is 88.6 Å². The summed E-state index contributed by atoms with van der Waals surface area (Å²) in [5.41, 5.74) is 7.42. The van der Waals surface area contributed by atoms with Crippen molar-refractivity contribution < 1.29 is 51.1 Å². The van der Waals surface area contributed by atoms with Crippen LogP contribution < -0.4 is 33.1 Å². The SMILES string of the molecule is CCCCCCCCOc1c2cccc1Cc1cccc3c1OCCOCCOc1ccccc1OCCOCCOc1c(cccc1Cc1cc(C(=O)NS(C)(=O)=O)cc(c1OCCCCCCCC)C3)C2. The molecule has 0 fully saturated rings. The van der Waals surface area contributed by atoms with Gasteiger partial charge in [0.2, 0.25) is 10.0 Å². The maximum absolute atomic E-state index is 14.0. The summed E-state index contributed by atoms with van der Waals surface area (Å²) in [5, 5.41) is 0. The molecule has 394 valence electrons. The van der Waals surface area contributed by atoms with Crippen molar-refractivity contribution in [3.05, 3.63) is 141 Å². The number of carbonyl (C=O) groups excluding carboxylic acids is 1. The number of hydrogen-bond donors (Lipinski definition) is 1. The molecule has 3 aliphatic rings. The first-order valence-electron chi connectivity index (χ1n) is 26.7. The number of nitrogens with one attached hydrogen (secondary N) is 1. The quantitative estimate of drug-likeness (QED) is 0.0651. The average molecular weight is 1020 g/mol. The summed E-state index contributed by atoms with van der Waals surface area (Å²) < 4.78 is 79.2. The highest BCUT2D eigenvalue weighted by atomic mass is 32.2. The van der Waals surface area contributed by atoms with E-state index in [0.29, 0.717) is 107 Å². The van der Waals surface area contributed by atoms with Crippen molar-refractivity contribution in [2.75, 3.05) is 72.3 Å². The van der Waals surface area contributed by atoms with Gasteiger partial charge in [0.1, 0.15) is 49.4 Å². The van der Waals surface area contributed by atoms with Crippen LogP contribution in [0.4, 0.5) is 0 Å². The lowest BCUT2D eigenvalue weighted by Gasteiger charge is -2.23. The Hall–Kier alpha value is -5.76. The fraction of sp³-hybridized carbons (Fsp3) is 0.483. The third-order valence-corrected chi connectivity index (χ3v) is 13.7. The van der Waals surface area contributed by atoms with E-state index >= 15 is 0 Å². The molecule has 1 N–H and O–H groups in total.